The van der Waals surface area contributed by atoms with Crippen LogP contribution in [0.5, 0.6) is 5.75 Å². The molecule has 0 spiro atoms. The molecule has 0 fully saturated rings. The van der Waals surface area contributed by atoms with Crippen molar-refractivity contribution in [3.8, 4) is 17.1 Å². The fourth-order valence-electron chi connectivity index (χ4n) is 5.52. The van der Waals surface area contributed by atoms with E-state index in [0.717, 1.165) is 0 Å². The van der Waals surface area contributed by atoms with Gasteiger partial charge in [0, 0.05) is 60.1 Å². The molecule has 0 saturated carbocycles. The van der Waals surface area contributed by atoms with E-state index in [2.05, 4.69) is 0 Å². The largest absolute Gasteiger partial charge is 0.512 e. The maximum atomic E-state index is 13.3. The number of aromatic hydroxyl groups is 1. The summed E-state index contributed by atoms with van der Waals surface area (Å²) in [5.74, 6) is -0.149. The lowest BCUT2D eigenvalue weighted by Crippen LogP contribution is -2.13. The van der Waals surface area contributed by atoms with E-state index in [9.17, 15) is 40.2 Å². The molecule has 0 aliphatic heterocycles. The van der Waals surface area contributed by atoms with Gasteiger partial charge in [-0.3, -0.25) is 9.59 Å². The third-order valence-corrected chi connectivity index (χ3v) is 7.92. The fourth-order valence-corrected chi connectivity index (χ4v) is 5.52. The summed E-state index contributed by atoms with van der Waals surface area (Å²) in [5, 5.41) is 63.0. The molecule has 224 valence electrons. The van der Waals surface area contributed by atoms with E-state index in [1.165, 1.54) is 42.5 Å². The van der Waals surface area contributed by atoms with E-state index in [-0.39, 0.29) is 93.2 Å². The summed E-state index contributed by atoms with van der Waals surface area (Å²) in [6, 6.07) is 8.58. The minimum atomic E-state index is -0.578. The second-order valence-electron chi connectivity index (χ2n) is 10.7. The molecule has 1 aromatic carbocycles. The van der Waals surface area contributed by atoms with Crippen molar-refractivity contribution in [3.05, 3.63) is 137 Å². The van der Waals surface area contributed by atoms with Crippen LogP contribution in [-0.4, -0.2) is 37.2 Å². The highest BCUT2D eigenvalue weighted by Gasteiger charge is 2.29. The van der Waals surface area contributed by atoms with Gasteiger partial charge in [-0.2, -0.15) is 0 Å². The molecule has 3 aliphatic carbocycles. The van der Waals surface area contributed by atoms with Crippen molar-refractivity contribution in [1.29, 1.82) is 0 Å². The van der Waals surface area contributed by atoms with Gasteiger partial charge in [0.1, 0.15) is 51.6 Å². The van der Waals surface area contributed by atoms with Gasteiger partial charge in [-0.15, -0.1) is 0 Å². The Morgan fingerprint density at radius 2 is 1.57 bits per heavy atom. The van der Waals surface area contributed by atoms with Crippen molar-refractivity contribution in [2.45, 2.75) is 32.1 Å². The first-order valence-electron chi connectivity index (χ1n) is 13.9. The minimum absolute atomic E-state index is 0.0101. The monoisotopic (exact) mass is 596 g/mol. The zero-order chi connectivity index (χ0) is 31.1. The lowest BCUT2D eigenvalue weighted by Gasteiger charge is -2.15. The first-order valence-corrected chi connectivity index (χ1v) is 13.9. The molecule has 44 heavy (non-hydrogen) atoms. The van der Waals surface area contributed by atoms with Gasteiger partial charge >= 0.3 is 0 Å². The Hall–Kier alpha value is -5.48. The Bertz CT molecular complexity index is 1990. The maximum absolute atomic E-state index is 13.3. The summed E-state index contributed by atoms with van der Waals surface area (Å²) < 4.78 is 12.0. The second-order valence-corrected chi connectivity index (χ2v) is 10.7. The summed E-state index contributed by atoms with van der Waals surface area (Å²) in [5.41, 5.74) is 0.500. The Morgan fingerprint density at radius 1 is 0.818 bits per heavy atom. The third kappa shape index (κ3) is 5.27. The molecule has 6 rings (SSSR count). The van der Waals surface area contributed by atoms with Crippen LogP contribution in [-0.2, 0) is 12.8 Å². The number of rotatable bonds is 5. The van der Waals surface area contributed by atoms with Crippen LogP contribution in [0.15, 0.2) is 107 Å². The number of phenolic OH excluding ortho intramolecular Hbond substituents is 1. The predicted molar refractivity (Wildman–Crippen MR) is 162 cm³/mol. The highest BCUT2D eigenvalue weighted by atomic mass is 16.3. The molecule has 6 N–H and O–H groups in total. The summed E-state index contributed by atoms with van der Waals surface area (Å²) in [4.78, 5) is 26.4. The van der Waals surface area contributed by atoms with Crippen LogP contribution in [0.3, 0.4) is 0 Å². The fraction of sp³-hybridized carbons (Fsp3) is 0.176. The molecule has 3 aromatic rings. The molecule has 0 radical (unpaired) electrons. The van der Waals surface area contributed by atoms with Crippen molar-refractivity contribution in [2.75, 3.05) is 6.61 Å². The average Bonchev–Trinajstić information content (AvgIpc) is 3.22. The summed E-state index contributed by atoms with van der Waals surface area (Å²) in [6.07, 6.45) is 6.29. The van der Waals surface area contributed by atoms with Gasteiger partial charge in [0.2, 0.25) is 0 Å². The molecule has 0 atom stereocenters. The Kier molecular flexibility index (Phi) is 7.36. The van der Waals surface area contributed by atoms with Gasteiger partial charge in [-0.25, -0.2) is 0 Å². The van der Waals surface area contributed by atoms with Gasteiger partial charge in [-0.05, 0) is 60.1 Å². The Balaban J connectivity index is 1.40. The Morgan fingerprint density at radius 3 is 2.27 bits per heavy atom. The predicted octanol–water partition coefficient (Wildman–Crippen LogP) is 5.69. The van der Waals surface area contributed by atoms with Crippen molar-refractivity contribution in [1.82, 2.24) is 0 Å². The molecule has 3 aliphatic rings. The van der Waals surface area contributed by atoms with Crippen molar-refractivity contribution in [2.24, 2.45) is 0 Å². The van der Waals surface area contributed by atoms with Gasteiger partial charge in [0.05, 0.1) is 12.4 Å². The van der Waals surface area contributed by atoms with Crippen LogP contribution in [0.25, 0.3) is 28.7 Å². The van der Waals surface area contributed by atoms with Crippen LogP contribution in [0.2, 0.25) is 0 Å². The standard InChI is InChI=1S/C34H28O10/c35-16-19-11-32-23(27(40)14-30(44-32)17-1-5-20(36)6-2-17)13-26(39)22(19)12-24-25(38)9-10-29-33(34(24)42)28(41)15-31(43-29)18-3-7-21(37)8-4-18/h1-3,5-7,9,11,14-15,35-39,42H,4,8,10,12-13,16H2. The van der Waals surface area contributed by atoms with E-state index in [1.807, 2.05) is 0 Å². The molecule has 0 unspecified atom stereocenters. The van der Waals surface area contributed by atoms with Crippen LogP contribution >= 0.6 is 0 Å². The van der Waals surface area contributed by atoms with E-state index >= 15 is 0 Å². The van der Waals surface area contributed by atoms with Gasteiger partial charge < -0.3 is 39.5 Å². The van der Waals surface area contributed by atoms with E-state index in [1.54, 1.807) is 18.2 Å². The van der Waals surface area contributed by atoms with E-state index < -0.39 is 23.2 Å². The lowest BCUT2D eigenvalue weighted by molar-refractivity contribution is 0.329. The van der Waals surface area contributed by atoms with Crippen LogP contribution in [0, 0.1) is 0 Å². The number of allylic oxidation sites excluding steroid dienone is 7. The Labute approximate surface area is 250 Å². The molecule has 0 bridgehead atoms. The van der Waals surface area contributed by atoms with Crippen molar-refractivity contribution < 1.29 is 39.5 Å². The topological polar surface area (TPSA) is 182 Å². The number of benzene rings is 1. The third-order valence-electron chi connectivity index (χ3n) is 7.92. The molecular formula is C34H28O10. The molecule has 10 nitrogen and oxygen atoms in total. The zero-order valence-corrected chi connectivity index (χ0v) is 23.3. The lowest BCUT2D eigenvalue weighted by atomic mass is 9.94. The highest BCUT2D eigenvalue weighted by molar-refractivity contribution is 5.73. The summed E-state index contributed by atoms with van der Waals surface area (Å²) in [7, 11) is 0. The number of hydrogen-bond donors (Lipinski definition) is 6. The zero-order valence-electron chi connectivity index (χ0n) is 23.3. The van der Waals surface area contributed by atoms with Crippen molar-refractivity contribution in [3.63, 3.8) is 0 Å². The summed E-state index contributed by atoms with van der Waals surface area (Å²) in [6.45, 7) is -0.578. The molecule has 2 heterocycles. The molecular weight excluding hydrogens is 568 g/mol. The van der Waals surface area contributed by atoms with Gasteiger partial charge in [-0.1, -0.05) is 6.08 Å². The number of fused-ring (bicyclic) bond motifs is 2. The first-order chi connectivity index (χ1) is 21.1. The quantitative estimate of drug-likeness (QED) is 0.214. The van der Waals surface area contributed by atoms with Crippen molar-refractivity contribution >= 4 is 17.4 Å². The van der Waals surface area contributed by atoms with Crippen LogP contribution < -0.4 is 10.9 Å². The summed E-state index contributed by atoms with van der Waals surface area (Å²) >= 11 is 0. The molecule has 2 aromatic heterocycles. The van der Waals surface area contributed by atoms with Gasteiger partial charge in [0.15, 0.2) is 10.9 Å². The number of hydrogen-bond acceptors (Lipinski definition) is 10. The number of aliphatic hydroxyl groups excluding tert-OH is 5. The van der Waals surface area contributed by atoms with E-state index in [4.69, 9.17) is 8.83 Å². The second kappa shape index (κ2) is 11.3. The van der Waals surface area contributed by atoms with Gasteiger partial charge in [0.25, 0.3) is 0 Å². The average molecular weight is 597 g/mol. The van der Waals surface area contributed by atoms with E-state index in [0.29, 0.717) is 24.0 Å². The molecule has 0 saturated heterocycles. The molecule has 10 heteroatoms. The number of phenols is 1. The SMILES string of the molecule is O=c1cc(-c2ccc(O)cc2)oc2c1CC(O)=C(CC1=C(O)c3c(oc(C4=CC=C(O)CC4)cc3=O)CC=C1O)C(CO)=C2. The smallest absolute Gasteiger partial charge is 0.196 e. The van der Waals surface area contributed by atoms with Crippen LogP contribution in [0.4, 0.5) is 0 Å². The normalized spacial score (nSPS) is 16.7. The van der Waals surface area contributed by atoms with Crippen LogP contribution in [0.1, 0.15) is 47.7 Å². The highest BCUT2D eigenvalue weighted by Crippen LogP contribution is 2.37. The number of aliphatic hydroxyl groups is 5. The molecule has 0 amide bonds. The first kappa shape index (κ1) is 28.6. The minimum Gasteiger partial charge on any atom is -0.512 e. The maximum Gasteiger partial charge on any atom is 0.196 e.